The normalized spacial score (nSPS) is 11.9. The molecular weight excluding hydrogens is 317 g/mol. The Balaban J connectivity index is 2.51. The van der Waals surface area contributed by atoms with Crippen LogP contribution in [-0.4, -0.2) is 6.18 Å². The van der Waals surface area contributed by atoms with Gasteiger partial charge in [-0.25, -0.2) is 0 Å². The van der Waals surface area contributed by atoms with Gasteiger partial charge in [-0.2, -0.15) is 13.2 Å². The Hall–Kier alpha value is -1.29. The van der Waals surface area contributed by atoms with Gasteiger partial charge in [0.2, 0.25) is 0 Å². The summed E-state index contributed by atoms with van der Waals surface area (Å²) in [6, 6.07) is 12.2. The van der Waals surface area contributed by atoms with E-state index in [9.17, 15) is 13.2 Å². The van der Waals surface area contributed by atoms with Crippen LogP contribution in [-0.2, 0) is 0 Å². The summed E-state index contributed by atoms with van der Waals surface area (Å²) in [5.74, 6) is -0.648. The van der Waals surface area contributed by atoms with E-state index in [-0.39, 0.29) is 11.1 Å². The molecule has 0 fully saturated rings. The minimum Gasteiger partial charge on any atom is -0.170 e. The fourth-order valence-corrected chi connectivity index (χ4v) is 2.10. The first-order valence-corrected chi connectivity index (χ1v) is 6.30. The van der Waals surface area contributed by atoms with Crippen molar-refractivity contribution in [3.8, 4) is 0 Å². The van der Waals surface area contributed by atoms with Crippen LogP contribution in [0.15, 0.2) is 53.0 Å². The van der Waals surface area contributed by atoms with Gasteiger partial charge >= 0.3 is 6.18 Å². The monoisotopic (exact) mass is 326 g/mol. The molecule has 0 nitrogen and oxygen atoms in total. The largest absolute Gasteiger partial charge is 0.403 e. The summed E-state index contributed by atoms with van der Waals surface area (Å²) < 4.78 is 40.5. The number of alkyl halides is 3. The molecule has 2 radical (unpaired) electrons. The molecule has 0 saturated heterocycles. The van der Waals surface area contributed by atoms with Gasteiger partial charge in [-0.1, -0.05) is 52.3 Å². The van der Waals surface area contributed by atoms with Crippen LogP contribution >= 0.6 is 15.9 Å². The van der Waals surface area contributed by atoms with Crippen LogP contribution in [0.25, 0.3) is 0 Å². The number of hydrogen-bond acceptors (Lipinski definition) is 0. The molecule has 0 aliphatic heterocycles. The van der Waals surface area contributed by atoms with E-state index in [4.69, 9.17) is 0 Å². The van der Waals surface area contributed by atoms with Crippen LogP contribution in [0.3, 0.4) is 0 Å². The maximum absolute atomic E-state index is 13.3. The van der Waals surface area contributed by atoms with E-state index in [1.807, 2.05) is 0 Å². The fourth-order valence-electron chi connectivity index (χ4n) is 1.84. The molecule has 2 aromatic rings. The molecule has 0 aliphatic carbocycles. The highest BCUT2D eigenvalue weighted by Gasteiger charge is 2.42. The van der Waals surface area contributed by atoms with Crippen molar-refractivity contribution in [1.29, 1.82) is 0 Å². The number of rotatable bonds is 2. The fraction of sp³-hybridized carbons (Fsp3) is 0.0667. The van der Waals surface area contributed by atoms with E-state index in [0.717, 1.165) is 4.47 Å². The van der Waals surface area contributed by atoms with E-state index < -0.39 is 12.1 Å². The summed E-state index contributed by atoms with van der Waals surface area (Å²) in [4.78, 5) is 0. The Morgan fingerprint density at radius 2 is 1.58 bits per heavy atom. The van der Waals surface area contributed by atoms with Crippen molar-refractivity contribution in [2.45, 2.75) is 6.18 Å². The predicted octanol–water partition coefficient (Wildman–Crippen LogP) is 5.16. The molecule has 2 aromatic carbocycles. The summed E-state index contributed by atoms with van der Waals surface area (Å²) in [6.45, 7) is 3.67. The Morgan fingerprint density at radius 3 is 2.11 bits per heavy atom. The summed E-state index contributed by atoms with van der Waals surface area (Å²) >= 11 is 3.21. The zero-order valence-electron chi connectivity index (χ0n) is 9.84. The van der Waals surface area contributed by atoms with Crippen molar-refractivity contribution in [2.24, 2.45) is 0 Å². The third kappa shape index (κ3) is 3.38. The van der Waals surface area contributed by atoms with Gasteiger partial charge in [-0.15, -0.1) is 0 Å². The van der Waals surface area contributed by atoms with Gasteiger partial charge in [-0.3, -0.25) is 0 Å². The molecule has 0 aliphatic rings. The highest BCUT2D eigenvalue weighted by molar-refractivity contribution is 9.10. The topological polar surface area (TPSA) is 0 Å². The third-order valence-corrected chi connectivity index (χ3v) is 3.16. The standard InChI is InChI=1S/C15H10BrF3/c1-10-3-2-4-12(9-10)14(15(17,18)19)11-5-7-13(16)8-6-11/h2-9H,1H2. The molecule has 0 bridgehead atoms. The van der Waals surface area contributed by atoms with Crippen LogP contribution in [0.2, 0.25) is 0 Å². The number of halogens is 4. The second kappa shape index (κ2) is 5.37. The lowest BCUT2D eigenvalue weighted by Crippen LogP contribution is -2.23. The van der Waals surface area contributed by atoms with Crippen molar-refractivity contribution in [3.63, 3.8) is 0 Å². The Morgan fingerprint density at radius 1 is 0.947 bits per heavy atom. The van der Waals surface area contributed by atoms with E-state index in [1.165, 1.54) is 24.3 Å². The Labute approximate surface area is 118 Å². The first-order valence-electron chi connectivity index (χ1n) is 5.50. The lowest BCUT2D eigenvalue weighted by atomic mass is 9.90. The minimum atomic E-state index is -4.42. The summed E-state index contributed by atoms with van der Waals surface area (Å²) in [5, 5.41) is 0. The van der Waals surface area contributed by atoms with Crippen molar-refractivity contribution < 1.29 is 13.2 Å². The summed E-state index contributed by atoms with van der Waals surface area (Å²) in [7, 11) is 0. The van der Waals surface area contributed by atoms with Gasteiger partial charge in [0.15, 0.2) is 0 Å². The molecule has 4 heteroatoms. The van der Waals surface area contributed by atoms with Gasteiger partial charge in [0.25, 0.3) is 0 Å². The van der Waals surface area contributed by atoms with Crippen molar-refractivity contribution >= 4 is 15.9 Å². The molecule has 2 rings (SSSR count). The van der Waals surface area contributed by atoms with Crippen molar-refractivity contribution in [2.75, 3.05) is 0 Å². The molecule has 0 saturated carbocycles. The SMILES string of the molecule is [CH2]c1cccc([C](c2ccc(Br)cc2)C(F)(F)F)c1. The molecule has 98 valence electrons. The summed E-state index contributed by atoms with van der Waals surface area (Å²) in [6.07, 6.45) is -4.42. The smallest absolute Gasteiger partial charge is 0.170 e. The summed E-state index contributed by atoms with van der Waals surface area (Å²) in [5.41, 5.74) is 0.819. The second-order valence-electron chi connectivity index (χ2n) is 4.08. The maximum atomic E-state index is 13.3. The van der Waals surface area contributed by atoms with Gasteiger partial charge < -0.3 is 0 Å². The molecule has 0 spiro atoms. The average Bonchev–Trinajstić information content (AvgIpc) is 2.30. The van der Waals surface area contributed by atoms with Gasteiger partial charge in [0, 0.05) is 4.47 Å². The van der Waals surface area contributed by atoms with Crippen LogP contribution in [0, 0.1) is 12.8 Å². The molecular formula is C15H10BrF3. The van der Waals surface area contributed by atoms with Gasteiger partial charge in [0.1, 0.15) is 5.92 Å². The average molecular weight is 327 g/mol. The zero-order valence-corrected chi connectivity index (χ0v) is 11.4. The van der Waals surface area contributed by atoms with Crippen molar-refractivity contribution in [1.82, 2.24) is 0 Å². The lowest BCUT2D eigenvalue weighted by Gasteiger charge is -2.20. The first-order chi connectivity index (χ1) is 8.88. The van der Waals surface area contributed by atoms with E-state index in [2.05, 4.69) is 22.9 Å². The lowest BCUT2D eigenvalue weighted by molar-refractivity contribution is -0.105. The van der Waals surface area contributed by atoms with E-state index >= 15 is 0 Å². The molecule has 0 heterocycles. The quantitative estimate of drug-likeness (QED) is 0.714. The predicted molar refractivity (Wildman–Crippen MR) is 72.5 cm³/mol. The van der Waals surface area contributed by atoms with Crippen LogP contribution in [0.1, 0.15) is 16.7 Å². The number of benzene rings is 2. The van der Waals surface area contributed by atoms with Crippen LogP contribution < -0.4 is 0 Å². The van der Waals surface area contributed by atoms with Crippen LogP contribution in [0.4, 0.5) is 13.2 Å². The molecule has 0 unspecified atom stereocenters. The molecule has 0 N–H and O–H groups in total. The van der Waals surface area contributed by atoms with Crippen molar-refractivity contribution in [3.05, 3.63) is 82.5 Å². The second-order valence-corrected chi connectivity index (χ2v) is 5.00. The number of hydrogen-bond donors (Lipinski definition) is 0. The molecule has 0 amide bonds. The third-order valence-electron chi connectivity index (χ3n) is 2.63. The maximum Gasteiger partial charge on any atom is 0.403 e. The molecule has 19 heavy (non-hydrogen) atoms. The molecule has 0 atom stereocenters. The van der Waals surface area contributed by atoms with Gasteiger partial charge in [0.05, 0.1) is 0 Å². The first kappa shape index (κ1) is 14.1. The molecule has 0 aromatic heterocycles. The van der Waals surface area contributed by atoms with E-state index in [1.54, 1.807) is 24.3 Å². The van der Waals surface area contributed by atoms with Crippen LogP contribution in [0.5, 0.6) is 0 Å². The Kier molecular flexibility index (Phi) is 3.99. The minimum absolute atomic E-state index is 0.127. The van der Waals surface area contributed by atoms with E-state index in [0.29, 0.717) is 5.56 Å². The Bertz CT molecular complexity index is 558. The highest BCUT2D eigenvalue weighted by atomic mass is 79.9. The highest BCUT2D eigenvalue weighted by Crippen LogP contribution is 2.39. The zero-order chi connectivity index (χ0) is 14.0. The van der Waals surface area contributed by atoms with Gasteiger partial charge in [-0.05, 0) is 35.7 Å².